The van der Waals surface area contributed by atoms with Crippen molar-refractivity contribution in [3.63, 3.8) is 0 Å². The van der Waals surface area contributed by atoms with Crippen LogP contribution in [0, 0.1) is 0 Å². The molecule has 0 aromatic heterocycles. The van der Waals surface area contributed by atoms with E-state index in [2.05, 4.69) is 51.2 Å². The van der Waals surface area contributed by atoms with Gasteiger partial charge in [0.25, 0.3) is 0 Å². The van der Waals surface area contributed by atoms with E-state index in [-0.39, 0.29) is 17.5 Å². The number of ether oxygens (including phenoxy) is 1. The average molecular weight is 559 g/mol. The first kappa shape index (κ1) is 29.0. The van der Waals surface area contributed by atoms with Gasteiger partial charge in [-0.2, -0.15) is 8.78 Å². The van der Waals surface area contributed by atoms with Gasteiger partial charge in [0.05, 0.1) is 6.61 Å². The third-order valence-electron chi connectivity index (χ3n) is 4.85. The normalized spacial score (nSPS) is 17.8. The van der Waals surface area contributed by atoms with Crippen molar-refractivity contribution in [2.75, 3.05) is 18.2 Å². The van der Waals surface area contributed by atoms with Crippen molar-refractivity contribution in [2.24, 2.45) is 0 Å². The van der Waals surface area contributed by atoms with Gasteiger partial charge in [-0.1, -0.05) is 47.0 Å². The molecule has 182 valence electrons. The Balaban J connectivity index is 0.000000321. The van der Waals surface area contributed by atoms with Gasteiger partial charge in [0.1, 0.15) is 6.26 Å². The van der Waals surface area contributed by atoms with Crippen LogP contribution in [0.15, 0.2) is 35.2 Å². The molecule has 0 heterocycles. The highest BCUT2D eigenvalue weighted by molar-refractivity contribution is 9.09. The quantitative estimate of drug-likeness (QED) is 0.138. The van der Waals surface area contributed by atoms with Crippen LogP contribution in [0.5, 0.6) is 0 Å². The van der Waals surface area contributed by atoms with Gasteiger partial charge >= 0.3 is 11.2 Å². The van der Waals surface area contributed by atoms with Gasteiger partial charge in [-0.3, -0.25) is 4.79 Å². The molecule has 0 bridgehead atoms. The van der Waals surface area contributed by atoms with Crippen LogP contribution in [-0.4, -0.2) is 53.4 Å². The molecule has 2 unspecified atom stereocenters. The molecular weight excluding hydrogens is 530 g/mol. The average Bonchev–Trinajstić information content (AvgIpc) is 2.76. The number of hydrogen-bond donors (Lipinski definition) is 0. The molecular formula is C21H29BrF2O6S2. The number of rotatable bonds is 10. The number of carbonyl (C=O) groups is 2. The molecule has 2 rings (SSSR count). The lowest BCUT2D eigenvalue weighted by Crippen LogP contribution is -2.39. The molecule has 0 radical (unpaired) electrons. The van der Waals surface area contributed by atoms with Gasteiger partial charge in [0.15, 0.2) is 26.0 Å². The smallest absolute Gasteiger partial charge is 0.428 e. The summed E-state index contributed by atoms with van der Waals surface area (Å²) in [6.07, 6.45) is 9.16. The van der Waals surface area contributed by atoms with Crippen LogP contribution in [0.2, 0.25) is 0 Å². The monoisotopic (exact) mass is 558 g/mol. The zero-order valence-corrected chi connectivity index (χ0v) is 21.2. The summed E-state index contributed by atoms with van der Waals surface area (Å²) in [7, 11) is -5.92. The van der Waals surface area contributed by atoms with E-state index in [1.54, 1.807) is 0 Å². The van der Waals surface area contributed by atoms with Crippen molar-refractivity contribution < 1.29 is 36.1 Å². The van der Waals surface area contributed by atoms with Crippen molar-refractivity contribution in [1.29, 1.82) is 0 Å². The van der Waals surface area contributed by atoms with Crippen LogP contribution in [0.25, 0.3) is 0 Å². The highest BCUT2D eigenvalue weighted by Crippen LogP contribution is 2.26. The molecule has 1 fully saturated rings. The van der Waals surface area contributed by atoms with E-state index in [1.807, 2.05) is 6.07 Å². The van der Waals surface area contributed by atoms with Gasteiger partial charge in [0, 0.05) is 29.1 Å². The van der Waals surface area contributed by atoms with E-state index in [9.17, 15) is 31.3 Å². The standard InChI is InChI=1S/C13H17OS.C8H13BrF2O5S/c1-15(11-7-3-2-4-8-11)13-10-6-5-9-12(13)14;9-5-3-1-2-4-6-16-7(12)8(10,11)17(13,14)15/h2-4,7-8,13H,5-6,9-10H2,1H3;1-6H2,(H,13,14,15)/q+1;/p-1. The highest BCUT2D eigenvalue weighted by atomic mass is 79.9. The third kappa shape index (κ3) is 9.44. The number of ketones is 1. The summed E-state index contributed by atoms with van der Waals surface area (Å²) in [6, 6.07) is 10.4. The molecule has 2 atom stereocenters. The van der Waals surface area contributed by atoms with Crippen molar-refractivity contribution >= 4 is 48.7 Å². The zero-order valence-electron chi connectivity index (χ0n) is 17.9. The summed E-state index contributed by atoms with van der Waals surface area (Å²) in [5.74, 6) is -1.83. The Morgan fingerprint density at radius 3 is 2.38 bits per heavy atom. The Morgan fingerprint density at radius 1 is 1.19 bits per heavy atom. The predicted molar refractivity (Wildman–Crippen MR) is 123 cm³/mol. The first-order valence-electron chi connectivity index (χ1n) is 10.3. The Hall–Kier alpha value is -1.04. The maximum absolute atomic E-state index is 12.6. The number of alkyl halides is 3. The molecule has 6 nitrogen and oxygen atoms in total. The van der Waals surface area contributed by atoms with Gasteiger partial charge in [-0.15, -0.1) is 0 Å². The highest BCUT2D eigenvalue weighted by Gasteiger charge is 2.48. The van der Waals surface area contributed by atoms with Crippen LogP contribution in [0.4, 0.5) is 8.78 Å². The summed E-state index contributed by atoms with van der Waals surface area (Å²) >= 11 is 3.20. The predicted octanol–water partition coefficient (Wildman–Crippen LogP) is 4.43. The number of esters is 1. The van der Waals surface area contributed by atoms with E-state index in [1.165, 1.54) is 11.3 Å². The lowest BCUT2D eigenvalue weighted by atomic mass is 9.99. The Labute approximate surface area is 199 Å². The molecule has 0 amide bonds. The third-order valence-corrected chi connectivity index (χ3v) is 8.58. The summed E-state index contributed by atoms with van der Waals surface area (Å²) in [4.78, 5) is 23.8. The van der Waals surface area contributed by atoms with Crippen LogP contribution in [0.1, 0.15) is 51.4 Å². The van der Waals surface area contributed by atoms with Crippen LogP contribution >= 0.6 is 15.9 Å². The molecule has 1 aromatic carbocycles. The fourth-order valence-electron chi connectivity index (χ4n) is 3.03. The van der Waals surface area contributed by atoms with E-state index in [0.29, 0.717) is 23.9 Å². The second kappa shape index (κ2) is 14.3. The Kier molecular flexibility index (Phi) is 12.9. The van der Waals surface area contributed by atoms with Crippen molar-refractivity contribution in [2.45, 2.75) is 66.8 Å². The Bertz CT molecular complexity index is 821. The summed E-state index contributed by atoms with van der Waals surface area (Å²) in [5, 5.41) is -3.90. The topological polar surface area (TPSA) is 101 Å². The van der Waals surface area contributed by atoms with E-state index >= 15 is 0 Å². The number of benzene rings is 1. The van der Waals surface area contributed by atoms with Crippen LogP contribution in [-0.2, 0) is 35.3 Å². The van der Waals surface area contributed by atoms with Gasteiger partial charge in [-0.05, 0) is 37.8 Å². The number of unbranched alkanes of at least 4 members (excludes halogenated alkanes) is 3. The minimum absolute atomic E-state index is 0.101. The lowest BCUT2D eigenvalue weighted by molar-refractivity contribution is -0.161. The fraction of sp³-hybridized carbons (Fsp3) is 0.619. The molecule has 11 heteroatoms. The molecule has 1 aliphatic carbocycles. The lowest BCUT2D eigenvalue weighted by Gasteiger charge is -2.19. The Morgan fingerprint density at radius 2 is 1.81 bits per heavy atom. The molecule has 0 saturated heterocycles. The van der Waals surface area contributed by atoms with Crippen molar-refractivity contribution in [3.8, 4) is 0 Å². The maximum Gasteiger partial charge on any atom is 0.428 e. The number of hydrogen-bond acceptors (Lipinski definition) is 6. The first-order valence-corrected chi connectivity index (χ1v) is 14.5. The molecule has 1 saturated carbocycles. The van der Waals surface area contributed by atoms with E-state index in [4.69, 9.17) is 0 Å². The van der Waals surface area contributed by atoms with E-state index < -0.39 is 21.3 Å². The summed E-state index contributed by atoms with van der Waals surface area (Å²) < 4.78 is 59.4. The zero-order chi connectivity index (χ0) is 24.2. The second-order valence-electron chi connectivity index (χ2n) is 7.28. The molecule has 32 heavy (non-hydrogen) atoms. The largest absolute Gasteiger partial charge is 0.743 e. The SMILES string of the molecule is C[S+](c1ccccc1)C1CCCCC1=O.O=C(OCCCCCCBr)C(F)(F)S(=O)(=O)[O-]. The molecule has 1 aliphatic rings. The minimum Gasteiger partial charge on any atom is -0.743 e. The van der Waals surface area contributed by atoms with Gasteiger partial charge in [-0.25, -0.2) is 13.2 Å². The minimum atomic E-state index is -6.02. The van der Waals surface area contributed by atoms with Crippen molar-refractivity contribution in [3.05, 3.63) is 30.3 Å². The summed E-state index contributed by atoms with van der Waals surface area (Å²) in [6.45, 7) is -0.327. The van der Waals surface area contributed by atoms with Crippen LogP contribution < -0.4 is 0 Å². The molecule has 0 N–H and O–H groups in total. The maximum atomic E-state index is 12.6. The second-order valence-corrected chi connectivity index (χ2v) is 11.7. The van der Waals surface area contributed by atoms with Crippen LogP contribution in [0.3, 0.4) is 0 Å². The van der Waals surface area contributed by atoms with Gasteiger partial charge in [0.2, 0.25) is 0 Å². The molecule has 0 aliphatic heterocycles. The number of halogens is 3. The molecule has 1 aromatic rings. The first-order chi connectivity index (χ1) is 15.0. The number of Topliss-reactive ketones (excluding diaryl/α,β-unsaturated/α-hetero) is 1. The molecule has 0 spiro atoms. The van der Waals surface area contributed by atoms with E-state index in [0.717, 1.165) is 37.4 Å². The number of carbonyl (C=O) groups excluding carboxylic acids is 2. The van der Waals surface area contributed by atoms with Gasteiger partial charge < -0.3 is 9.29 Å². The van der Waals surface area contributed by atoms with Crippen molar-refractivity contribution in [1.82, 2.24) is 0 Å². The fourth-order valence-corrected chi connectivity index (χ4v) is 5.63. The summed E-state index contributed by atoms with van der Waals surface area (Å²) in [5.41, 5.74) is 0.